The molecule has 0 aliphatic carbocycles. The van der Waals surface area contributed by atoms with Gasteiger partial charge in [0.15, 0.2) is 0 Å². The average Bonchev–Trinajstić information content (AvgIpc) is 2.50. The van der Waals surface area contributed by atoms with Gasteiger partial charge in [0.05, 0.1) is 5.69 Å². The van der Waals surface area contributed by atoms with Crippen LogP contribution in [0.1, 0.15) is 37.9 Å². The maximum Gasteiger partial charge on any atom is 0.220 e. The van der Waals surface area contributed by atoms with Crippen LogP contribution in [0.2, 0.25) is 0 Å². The molecule has 0 aliphatic heterocycles. The lowest BCUT2D eigenvalue weighted by atomic mass is 10.00. The van der Waals surface area contributed by atoms with E-state index in [2.05, 4.69) is 10.4 Å². The summed E-state index contributed by atoms with van der Waals surface area (Å²) in [5.74, 6) is 0.0341. The Kier molecular flexibility index (Phi) is 4.28. The fourth-order valence-corrected chi connectivity index (χ4v) is 1.54. The Hall–Kier alpha value is -1.36. The van der Waals surface area contributed by atoms with Crippen molar-refractivity contribution in [3.8, 4) is 0 Å². The van der Waals surface area contributed by atoms with Crippen molar-refractivity contribution < 1.29 is 4.79 Å². The van der Waals surface area contributed by atoms with Gasteiger partial charge in [-0.2, -0.15) is 5.10 Å². The van der Waals surface area contributed by atoms with Crippen LogP contribution in [0.4, 0.5) is 0 Å². The van der Waals surface area contributed by atoms with Crippen LogP contribution in [0.3, 0.4) is 0 Å². The highest BCUT2D eigenvalue weighted by molar-refractivity contribution is 5.75. The monoisotopic (exact) mass is 238 g/mol. The normalized spacial score (nSPS) is 11.6. The Morgan fingerprint density at radius 2 is 2.24 bits per heavy atom. The summed E-state index contributed by atoms with van der Waals surface area (Å²) in [6.45, 7) is 6.31. The smallest absolute Gasteiger partial charge is 0.220 e. The number of nitrogens with two attached hydrogens (primary N) is 1. The maximum atomic E-state index is 11.6. The first-order chi connectivity index (χ1) is 7.78. The van der Waals surface area contributed by atoms with Gasteiger partial charge < -0.3 is 11.1 Å². The number of nitrogens with zero attached hydrogens (tertiary/aromatic N) is 2. The van der Waals surface area contributed by atoms with Crippen LogP contribution in [-0.2, 0) is 18.4 Å². The van der Waals surface area contributed by atoms with Crippen LogP contribution >= 0.6 is 0 Å². The molecule has 0 saturated heterocycles. The minimum absolute atomic E-state index is 0.0341. The molecule has 17 heavy (non-hydrogen) atoms. The molecule has 0 bridgehead atoms. The van der Waals surface area contributed by atoms with E-state index >= 15 is 0 Å². The third-order valence-electron chi connectivity index (χ3n) is 2.59. The highest BCUT2D eigenvalue weighted by Crippen LogP contribution is 2.07. The van der Waals surface area contributed by atoms with Gasteiger partial charge in [-0.05, 0) is 27.2 Å². The van der Waals surface area contributed by atoms with Gasteiger partial charge in [-0.25, -0.2) is 0 Å². The molecule has 0 fully saturated rings. The van der Waals surface area contributed by atoms with Crippen molar-refractivity contribution in [2.45, 2.75) is 45.7 Å². The standard InChI is InChI=1S/C12H22N4O/c1-9-10(8-16(4)15-9)7-14-11(17)5-6-12(2,3)13/h8H,5-7,13H2,1-4H3,(H,14,17). The number of carbonyl (C=O) groups excluding carboxylic acids is 1. The molecular formula is C12H22N4O. The summed E-state index contributed by atoms with van der Waals surface area (Å²) >= 11 is 0. The summed E-state index contributed by atoms with van der Waals surface area (Å²) in [5.41, 5.74) is 7.53. The van der Waals surface area contributed by atoms with E-state index < -0.39 is 0 Å². The minimum Gasteiger partial charge on any atom is -0.352 e. The van der Waals surface area contributed by atoms with Gasteiger partial charge in [-0.15, -0.1) is 0 Å². The van der Waals surface area contributed by atoms with E-state index in [-0.39, 0.29) is 11.4 Å². The number of carbonyl (C=O) groups is 1. The summed E-state index contributed by atoms with van der Waals surface area (Å²) in [6.07, 6.45) is 3.07. The Morgan fingerprint density at radius 1 is 1.59 bits per heavy atom. The largest absolute Gasteiger partial charge is 0.352 e. The highest BCUT2D eigenvalue weighted by atomic mass is 16.1. The third-order valence-corrected chi connectivity index (χ3v) is 2.59. The summed E-state index contributed by atoms with van der Waals surface area (Å²) in [4.78, 5) is 11.6. The van der Waals surface area contributed by atoms with Crippen LogP contribution in [0.25, 0.3) is 0 Å². The first-order valence-electron chi connectivity index (χ1n) is 5.82. The summed E-state index contributed by atoms with van der Waals surface area (Å²) < 4.78 is 1.75. The van der Waals surface area contributed by atoms with Crippen LogP contribution in [0.5, 0.6) is 0 Å². The molecule has 1 rings (SSSR count). The van der Waals surface area contributed by atoms with Crippen molar-refractivity contribution in [3.05, 3.63) is 17.5 Å². The van der Waals surface area contributed by atoms with Gasteiger partial charge in [-0.3, -0.25) is 9.48 Å². The molecule has 3 N–H and O–H groups in total. The summed E-state index contributed by atoms with van der Waals surface area (Å²) in [6, 6.07) is 0. The minimum atomic E-state index is -0.290. The molecule has 0 aromatic carbocycles. The fourth-order valence-electron chi connectivity index (χ4n) is 1.54. The number of amides is 1. The maximum absolute atomic E-state index is 11.6. The quantitative estimate of drug-likeness (QED) is 0.799. The predicted octanol–water partition coefficient (Wildman–Crippen LogP) is 0.862. The molecule has 0 unspecified atom stereocenters. The molecule has 0 atom stereocenters. The van der Waals surface area contributed by atoms with Gasteiger partial charge in [0, 0.05) is 37.3 Å². The van der Waals surface area contributed by atoms with Crippen LogP contribution in [-0.4, -0.2) is 21.2 Å². The number of nitrogens with one attached hydrogen (secondary N) is 1. The number of aromatic nitrogens is 2. The molecule has 0 saturated carbocycles. The molecule has 0 radical (unpaired) electrons. The number of hydrogen-bond donors (Lipinski definition) is 2. The van der Waals surface area contributed by atoms with E-state index in [0.29, 0.717) is 19.4 Å². The lowest BCUT2D eigenvalue weighted by Gasteiger charge is -2.17. The first kappa shape index (κ1) is 13.7. The predicted molar refractivity (Wildman–Crippen MR) is 67.3 cm³/mol. The molecule has 0 aliphatic rings. The number of rotatable bonds is 5. The van der Waals surface area contributed by atoms with Crippen molar-refractivity contribution >= 4 is 5.91 Å². The molecule has 1 amide bonds. The van der Waals surface area contributed by atoms with E-state index in [1.54, 1.807) is 4.68 Å². The van der Waals surface area contributed by atoms with Crippen LogP contribution in [0, 0.1) is 6.92 Å². The zero-order valence-corrected chi connectivity index (χ0v) is 11.1. The van der Waals surface area contributed by atoms with Crippen molar-refractivity contribution in [1.82, 2.24) is 15.1 Å². The Balaban J connectivity index is 2.36. The van der Waals surface area contributed by atoms with Crippen molar-refractivity contribution in [2.75, 3.05) is 0 Å². The lowest BCUT2D eigenvalue weighted by Crippen LogP contribution is -2.34. The Morgan fingerprint density at radius 3 is 2.71 bits per heavy atom. The zero-order chi connectivity index (χ0) is 13.1. The first-order valence-corrected chi connectivity index (χ1v) is 5.82. The van der Waals surface area contributed by atoms with Crippen molar-refractivity contribution in [1.29, 1.82) is 0 Å². The second-order valence-electron chi connectivity index (χ2n) is 5.18. The van der Waals surface area contributed by atoms with Gasteiger partial charge in [0.2, 0.25) is 5.91 Å². The molecule has 1 aromatic rings. The van der Waals surface area contributed by atoms with E-state index in [1.807, 2.05) is 34.0 Å². The van der Waals surface area contributed by atoms with Crippen LogP contribution in [0.15, 0.2) is 6.20 Å². The second-order valence-corrected chi connectivity index (χ2v) is 5.18. The molecule has 0 spiro atoms. The molecule has 96 valence electrons. The van der Waals surface area contributed by atoms with Crippen molar-refractivity contribution in [3.63, 3.8) is 0 Å². The number of hydrogen-bond acceptors (Lipinski definition) is 3. The summed E-state index contributed by atoms with van der Waals surface area (Å²) in [5, 5.41) is 7.10. The van der Waals surface area contributed by atoms with Crippen LogP contribution < -0.4 is 11.1 Å². The molecular weight excluding hydrogens is 216 g/mol. The average molecular weight is 238 g/mol. The van der Waals surface area contributed by atoms with E-state index in [0.717, 1.165) is 11.3 Å². The van der Waals surface area contributed by atoms with E-state index in [1.165, 1.54) is 0 Å². The Labute approximate surface area is 102 Å². The lowest BCUT2D eigenvalue weighted by molar-refractivity contribution is -0.121. The van der Waals surface area contributed by atoms with Gasteiger partial charge >= 0.3 is 0 Å². The Bertz CT molecular complexity index is 390. The molecule has 1 heterocycles. The fraction of sp³-hybridized carbons (Fsp3) is 0.667. The highest BCUT2D eigenvalue weighted by Gasteiger charge is 2.13. The molecule has 5 heteroatoms. The zero-order valence-electron chi connectivity index (χ0n) is 11.1. The van der Waals surface area contributed by atoms with Crippen molar-refractivity contribution in [2.24, 2.45) is 12.8 Å². The second kappa shape index (κ2) is 5.31. The topological polar surface area (TPSA) is 72.9 Å². The SMILES string of the molecule is Cc1nn(C)cc1CNC(=O)CCC(C)(C)N. The van der Waals surface area contributed by atoms with Gasteiger partial charge in [-0.1, -0.05) is 0 Å². The molecule has 5 nitrogen and oxygen atoms in total. The van der Waals surface area contributed by atoms with E-state index in [9.17, 15) is 4.79 Å². The van der Waals surface area contributed by atoms with Gasteiger partial charge in [0.25, 0.3) is 0 Å². The summed E-state index contributed by atoms with van der Waals surface area (Å²) in [7, 11) is 1.87. The molecule has 1 aromatic heterocycles. The number of aryl methyl sites for hydroxylation is 2. The third kappa shape index (κ3) is 4.99. The van der Waals surface area contributed by atoms with E-state index in [4.69, 9.17) is 5.73 Å². The van der Waals surface area contributed by atoms with Gasteiger partial charge in [0.1, 0.15) is 0 Å².